The molecule has 0 radical (unpaired) electrons. The molecular weight excluding hydrogens is 444 g/mol. The number of aryl methyl sites for hydroxylation is 1. The zero-order chi connectivity index (χ0) is 24.2. The Bertz CT molecular complexity index is 1220. The molecule has 3 aromatic rings. The molecule has 8 nitrogen and oxygen atoms in total. The van der Waals surface area contributed by atoms with Crippen molar-refractivity contribution in [3.8, 4) is 11.5 Å². The van der Waals surface area contributed by atoms with Gasteiger partial charge in [0.1, 0.15) is 23.9 Å². The number of carbonyl (C=O) groups is 2. The monoisotopic (exact) mass is 474 g/mol. The van der Waals surface area contributed by atoms with Gasteiger partial charge >= 0.3 is 0 Å². The Balaban J connectivity index is 1.52. The van der Waals surface area contributed by atoms with Crippen LogP contribution in [0.15, 0.2) is 54.9 Å². The van der Waals surface area contributed by atoms with Gasteiger partial charge in [0.15, 0.2) is 6.61 Å². The molecule has 1 N–H and O–H groups in total. The van der Waals surface area contributed by atoms with Crippen LogP contribution in [-0.2, 0) is 29.0 Å². The molecule has 0 aliphatic carbocycles. The first-order valence-corrected chi connectivity index (χ1v) is 12.2. The summed E-state index contributed by atoms with van der Waals surface area (Å²) < 4.78 is 13.6. The van der Waals surface area contributed by atoms with Crippen molar-refractivity contribution in [2.75, 3.05) is 26.3 Å². The summed E-state index contributed by atoms with van der Waals surface area (Å²) in [5, 5.41) is 2.86. The Morgan fingerprint density at radius 2 is 2.06 bits per heavy atom. The van der Waals surface area contributed by atoms with Crippen molar-refractivity contribution in [2.45, 2.75) is 38.8 Å². The minimum atomic E-state index is -0.242. The van der Waals surface area contributed by atoms with Gasteiger partial charge in [0, 0.05) is 31.9 Å². The van der Waals surface area contributed by atoms with Crippen LogP contribution in [0.5, 0.6) is 11.5 Å². The lowest BCUT2D eigenvalue weighted by molar-refractivity contribution is -0.134. The van der Waals surface area contributed by atoms with E-state index in [0.717, 1.165) is 34.7 Å². The van der Waals surface area contributed by atoms with Crippen molar-refractivity contribution >= 4 is 11.8 Å². The van der Waals surface area contributed by atoms with E-state index in [9.17, 15) is 9.59 Å². The van der Waals surface area contributed by atoms with Crippen LogP contribution in [0.2, 0.25) is 0 Å². The predicted molar refractivity (Wildman–Crippen MR) is 130 cm³/mol. The number of nitrogens with one attached hydrogen (secondary N) is 1. The molecule has 3 aliphatic heterocycles. The summed E-state index contributed by atoms with van der Waals surface area (Å²) in [7, 11) is 0. The van der Waals surface area contributed by atoms with Crippen molar-refractivity contribution in [3.05, 3.63) is 77.4 Å². The van der Waals surface area contributed by atoms with Crippen molar-refractivity contribution in [2.24, 2.45) is 0 Å². The molecular formula is C27H30N4O4. The van der Waals surface area contributed by atoms with Gasteiger partial charge in [-0.1, -0.05) is 25.1 Å². The summed E-state index contributed by atoms with van der Waals surface area (Å²) in [5.41, 5.74) is 3.19. The molecule has 2 amide bonds. The Morgan fingerprint density at radius 3 is 2.94 bits per heavy atom. The number of benzene rings is 2. The number of aromatic nitrogens is 2. The predicted octanol–water partition coefficient (Wildman–Crippen LogP) is 2.90. The average Bonchev–Trinajstić information content (AvgIpc) is 3.33. The maximum absolute atomic E-state index is 13.6. The number of carbonyl (C=O) groups excluding carboxylic acids is 2. The van der Waals surface area contributed by atoms with E-state index in [1.807, 2.05) is 59.0 Å². The highest BCUT2D eigenvalue weighted by atomic mass is 16.5. The third kappa shape index (κ3) is 5.01. The second-order valence-electron chi connectivity index (χ2n) is 8.84. The molecule has 1 atom stereocenters. The van der Waals surface area contributed by atoms with Crippen LogP contribution in [-0.4, -0.2) is 52.6 Å². The fraction of sp³-hybridized carbons (Fsp3) is 0.370. The molecule has 3 aliphatic rings. The van der Waals surface area contributed by atoms with E-state index >= 15 is 0 Å². The maximum atomic E-state index is 13.6. The smallest absolute Gasteiger partial charge is 0.257 e. The van der Waals surface area contributed by atoms with E-state index < -0.39 is 0 Å². The average molecular weight is 475 g/mol. The molecule has 2 aromatic carbocycles. The molecule has 0 fully saturated rings. The fourth-order valence-electron chi connectivity index (χ4n) is 4.82. The molecule has 1 aromatic heterocycles. The molecule has 0 saturated heterocycles. The van der Waals surface area contributed by atoms with Crippen LogP contribution >= 0.6 is 0 Å². The van der Waals surface area contributed by atoms with Gasteiger partial charge in [-0.15, -0.1) is 0 Å². The van der Waals surface area contributed by atoms with Gasteiger partial charge in [0.2, 0.25) is 5.91 Å². The molecule has 0 spiro atoms. The SMILES string of the molecule is CCc1nccn1CC(=O)N1CCc2cc3ccc2C1c1cccc(c1)OCCCNC(=O)CO3. The minimum Gasteiger partial charge on any atom is -0.494 e. The standard InChI is InChI=1S/C27H30N4O4/c1-2-24-28-11-13-30(24)17-26(33)31-12-9-19-15-22-7-8-23(19)27(31)20-5-3-6-21(16-20)34-14-4-10-29-25(32)18-35-22/h3,5-8,11,13,15-16,27H,2,4,9-10,12,14,17-18H2,1H3,(H,29,32). The lowest BCUT2D eigenvalue weighted by atomic mass is 9.87. The van der Waals surface area contributed by atoms with Gasteiger partial charge in [-0.3, -0.25) is 9.59 Å². The van der Waals surface area contributed by atoms with E-state index in [-0.39, 0.29) is 31.0 Å². The van der Waals surface area contributed by atoms with E-state index in [0.29, 0.717) is 38.3 Å². The summed E-state index contributed by atoms with van der Waals surface area (Å²) >= 11 is 0. The van der Waals surface area contributed by atoms with E-state index in [4.69, 9.17) is 9.47 Å². The molecule has 6 bridgehead atoms. The molecule has 4 heterocycles. The third-order valence-electron chi connectivity index (χ3n) is 6.54. The second kappa shape index (κ2) is 10.2. The highest BCUT2D eigenvalue weighted by Gasteiger charge is 2.33. The van der Waals surface area contributed by atoms with Crippen molar-refractivity contribution in [3.63, 3.8) is 0 Å². The van der Waals surface area contributed by atoms with Gasteiger partial charge in [-0.2, -0.15) is 0 Å². The van der Waals surface area contributed by atoms with Crippen LogP contribution in [0.25, 0.3) is 0 Å². The number of rotatable bonds is 3. The normalized spacial score (nSPS) is 17.9. The number of nitrogens with zero attached hydrogens (tertiary/aromatic N) is 3. The van der Waals surface area contributed by atoms with Gasteiger partial charge in [-0.25, -0.2) is 4.98 Å². The fourth-order valence-corrected chi connectivity index (χ4v) is 4.82. The van der Waals surface area contributed by atoms with Gasteiger partial charge in [0.05, 0.1) is 12.6 Å². The van der Waals surface area contributed by atoms with Gasteiger partial charge < -0.3 is 24.3 Å². The van der Waals surface area contributed by atoms with Gasteiger partial charge in [-0.05, 0) is 53.8 Å². The van der Waals surface area contributed by atoms with Crippen LogP contribution in [0, 0.1) is 0 Å². The maximum Gasteiger partial charge on any atom is 0.257 e. The molecule has 182 valence electrons. The Hall–Kier alpha value is -3.81. The van der Waals surface area contributed by atoms with Crippen LogP contribution in [0.1, 0.15) is 41.9 Å². The van der Waals surface area contributed by atoms with Gasteiger partial charge in [0.25, 0.3) is 5.91 Å². The number of hydrogen-bond acceptors (Lipinski definition) is 5. The summed E-state index contributed by atoms with van der Waals surface area (Å²) in [6.45, 7) is 3.85. The highest BCUT2D eigenvalue weighted by Crippen LogP contribution is 2.38. The van der Waals surface area contributed by atoms with E-state index in [2.05, 4.69) is 16.4 Å². The lowest BCUT2D eigenvalue weighted by Crippen LogP contribution is -2.42. The molecule has 8 heteroatoms. The summed E-state index contributed by atoms with van der Waals surface area (Å²) in [5.74, 6) is 2.20. The minimum absolute atomic E-state index is 0.0304. The molecule has 0 saturated carbocycles. The number of hydrogen-bond donors (Lipinski definition) is 1. The van der Waals surface area contributed by atoms with Crippen molar-refractivity contribution in [1.82, 2.24) is 19.8 Å². The topological polar surface area (TPSA) is 85.7 Å². The lowest BCUT2D eigenvalue weighted by Gasteiger charge is -2.38. The van der Waals surface area contributed by atoms with Crippen molar-refractivity contribution in [1.29, 1.82) is 0 Å². The Kier molecular flexibility index (Phi) is 6.70. The van der Waals surface area contributed by atoms with Crippen molar-refractivity contribution < 1.29 is 19.1 Å². The third-order valence-corrected chi connectivity index (χ3v) is 6.54. The quantitative estimate of drug-likeness (QED) is 0.631. The Labute approximate surface area is 204 Å². The van der Waals surface area contributed by atoms with E-state index in [1.54, 1.807) is 6.20 Å². The van der Waals surface area contributed by atoms with Crippen LogP contribution in [0.3, 0.4) is 0 Å². The molecule has 6 rings (SSSR count). The number of imidazole rings is 1. The summed E-state index contributed by atoms with van der Waals surface area (Å²) in [6, 6.07) is 13.6. The first-order chi connectivity index (χ1) is 17.1. The Morgan fingerprint density at radius 1 is 1.17 bits per heavy atom. The number of fused-ring (bicyclic) bond motifs is 8. The first-order valence-electron chi connectivity index (χ1n) is 12.2. The van der Waals surface area contributed by atoms with Crippen LogP contribution < -0.4 is 14.8 Å². The second-order valence-corrected chi connectivity index (χ2v) is 8.84. The molecule has 1 unspecified atom stereocenters. The van der Waals surface area contributed by atoms with Crippen LogP contribution in [0.4, 0.5) is 0 Å². The summed E-state index contributed by atoms with van der Waals surface area (Å²) in [4.78, 5) is 32.0. The van der Waals surface area contributed by atoms with E-state index in [1.165, 1.54) is 0 Å². The largest absolute Gasteiger partial charge is 0.494 e. The number of amides is 2. The zero-order valence-electron chi connectivity index (χ0n) is 19.9. The highest BCUT2D eigenvalue weighted by molar-refractivity contribution is 5.78. The number of ether oxygens (including phenoxy) is 2. The molecule has 35 heavy (non-hydrogen) atoms. The zero-order valence-corrected chi connectivity index (χ0v) is 19.9. The first kappa shape index (κ1) is 23.0. The summed E-state index contributed by atoms with van der Waals surface area (Å²) in [6.07, 6.45) is 5.77.